The van der Waals surface area contributed by atoms with Gasteiger partial charge in [0.05, 0.1) is 0 Å². The topological polar surface area (TPSA) is 51.8 Å². The first kappa shape index (κ1) is 32.7. The maximum absolute atomic E-state index is 6.66. The molecule has 2 aromatic heterocycles. The molecule has 4 nitrogen and oxygen atoms in total. The van der Waals surface area contributed by atoms with Gasteiger partial charge in [0.1, 0.15) is 11.2 Å². The van der Waals surface area contributed by atoms with E-state index in [9.17, 15) is 0 Å². The molecule has 0 aliphatic carbocycles. The van der Waals surface area contributed by atoms with Crippen LogP contribution in [0.15, 0.2) is 205 Å². The second-order valence-electron chi connectivity index (χ2n) is 14.3. The molecule has 11 rings (SSSR count). The Morgan fingerprint density at radius 3 is 1.68 bits per heavy atom. The number of hydrogen-bond acceptors (Lipinski definition) is 4. The normalized spacial score (nSPS) is 11.5. The maximum atomic E-state index is 6.66. The lowest BCUT2D eigenvalue weighted by Gasteiger charge is -2.13. The van der Waals surface area contributed by atoms with Crippen LogP contribution in [0.5, 0.6) is 0 Å². The molecule has 0 saturated heterocycles. The van der Waals surface area contributed by atoms with Crippen molar-refractivity contribution in [2.45, 2.75) is 0 Å². The van der Waals surface area contributed by atoms with Crippen LogP contribution in [-0.2, 0) is 0 Å². The summed E-state index contributed by atoms with van der Waals surface area (Å²) in [5, 5.41) is 6.84. The number of benzene rings is 9. The Labute approximate surface area is 329 Å². The van der Waals surface area contributed by atoms with Gasteiger partial charge in [-0.15, -0.1) is 0 Å². The zero-order valence-corrected chi connectivity index (χ0v) is 30.8. The molecule has 0 unspecified atom stereocenters. The lowest BCUT2D eigenvalue weighted by atomic mass is 9.92. The van der Waals surface area contributed by atoms with Gasteiger partial charge in [0.25, 0.3) is 0 Å². The van der Waals surface area contributed by atoms with Crippen molar-refractivity contribution in [2.75, 3.05) is 0 Å². The van der Waals surface area contributed by atoms with E-state index in [-0.39, 0.29) is 0 Å². The van der Waals surface area contributed by atoms with Crippen LogP contribution in [0.2, 0.25) is 0 Å². The SMILES string of the molecule is c1ccc(-c2cccc(-c3ccccc3-c3nc(-c4ccccc4)nc(-c4ccc5oc6cc(-c7cccc8ccccc78)c7ccccc7c6c5c4)n3)c2)cc1. The molecule has 0 saturated carbocycles. The molecular weight excluding hydrogens is 695 g/mol. The lowest BCUT2D eigenvalue weighted by molar-refractivity contribution is 0.669. The minimum atomic E-state index is 0.597. The molecule has 0 atom stereocenters. The summed E-state index contributed by atoms with van der Waals surface area (Å²) in [6.07, 6.45) is 0. The fourth-order valence-electron chi connectivity index (χ4n) is 8.23. The highest BCUT2D eigenvalue weighted by molar-refractivity contribution is 6.23. The highest BCUT2D eigenvalue weighted by Gasteiger charge is 2.20. The Kier molecular flexibility index (Phi) is 7.78. The van der Waals surface area contributed by atoms with Gasteiger partial charge in [-0.25, -0.2) is 15.0 Å². The molecule has 0 fully saturated rings. The third-order valence-corrected chi connectivity index (χ3v) is 10.9. The Morgan fingerprint density at radius 1 is 0.281 bits per heavy atom. The van der Waals surface area contributed by atoms with Crippen molar-refractivity contribution in [3.05, 3.63) is 200 Å². The van der Waals surface area contributed by atoms with Crippen LogP contribution in [0, 0.1) is 0 Å². The van der Waals surface area contributed by atoms with Crippen molar-refractivity contribution in [1.82, 2.24) is 15.0 Å². The largest absolute Gasteiger partial charge is 0.456 e. The first-order chi connectivity index (χ1) is 28.2. The Balaban J connectivity index is 1.09. The van der Waals surface area contributed by atoms with Crippen LogP contribution in [0.4, 0.5) is 0 Å². The molecule has 4 heteroatoms. The van der Waals surface area contributed by atoms with Crippen LogP contribution in [-0.4, -0.2) is 15.0 Å². The number of hydrogen-bond donors (Lipinski definition) is 0. The molecular formula is C53H33N3O. The van der Waals surface area contributed by atoms with E-state index in [4.69, 9.17) is 19.4 Å². The summed E-state index contributed by atoms with van der Waals surface area (Å²) in [5.74, 6) is 1.83. The number of fused-ring (bicyclic) bond motifs is 6. The van der Waals surface area contributed by atoms with Crippen LogP contribution in [0.25, 0.3) is 111 Å². The van der Waals surface area contributed by atoms with E-state index in [2.05, 4.69) is 152 Å². The van der Waals surface area contributed by atoms with Gasteiger partial charge in [-0.3, -0.25) is 0 Å². The molecule has 266 valence electrons. The van der Waals surface area contributed by atoms with Gasteiger partial charge in [-0.2, -0.15) is 0 Å². The van der Waals surface area contributed by atoms with Crippen molar-refractivity contribution in [1.29, 1.82) is 0 Å². The van der Waals surface area contributed by atoms with Crippen LogP contribution in [0.3, 0.4) is 0 Å². The number of aromatic nitrogens is 3. The van der Waals surface area contributed by atoms with E-state index in [0.717, 1.165) is 66.3 Å². The minimum absolute atomic E-state index is 0.597. The molecule has 0 radical (unpaired) electrons. The van der Waals surface area contributed by atoms with Gasteiger partial charge in [0.15, 0.2) is 17.5 Å². The molecule has 0 spiro atoms. The van der Waals surface area contributed by atoms with Crippen molar-refractivity contribution in [3.63, 3.8) is 0 Å². The monoisotopic (exact) mass is 727 g/mol. The third kappa shape index (κ3) is 5.74. The Hall–Kier alpha value is -7.69. The smallest absolute Gasteiger partial charge is 0.164 e. The van der Waals surface area contributed by atoms with Gasteiger partial charge in [-0.05, 0) is 85.3 Å². The zero-order chi connectivity index (χ0) is 37.7. The molecule has 0 N–H and O–H groups in total. The number of rotatable bonds is 6. The van der Waals surface area contributed by atoms with Crippen molar-refractivity contribution in [3.8, 4) is 67.5 Å². The minimum Gasteiger partial charge on any atom is -0.456 e. The summed E-state index contributed by atoms with van der Waals surface area (Å²) < 4.78 is 6.66. The first-order valence-corrected chi connectivity index (χ1v) is 19.2. The molecule has 0 amide bonds. The van der Waals surface area contributed by atoms with Crippen molar-refractivity contribution in [2.24, 2.45) is 0 Å². The molecule has 0 aliphatic rings. The van der Waals surface area contributed by atoms with E-state index in [1.165, 1.54) is 27.3 Å². The number of furan rings is 1. The summed E-state index contributed by atoms with van der Waals surface area (Å²) in [7, 11) is 0. The summed E-state index contributed by atoms with van der Waals surface area (Å²) in [6, 6.07) is 69.8. The van der Waals surface area contributed by atoms with E-state index in [1.54, 1.807) is 0 Å². The standard InChI is InChI=1S/C53H33N3O/c1-3-15-34(16-4-1)37-21-13-22-38(31-37)41-24-9-12-27-45(41)53-55-51(36-18-5-2-6-19-36)54-52(56-53)39-29-30-48-47(32-39)50-44-26-11-10-25-43(44)46(33-49(50)57-48)42-28-14-20-35-17-7-8-23-40(35)42/h1-33H. The van der Waals surface area contributed by atoms with Gasteiger partial charge in [-0.1, -0.05) is 170 Å². The third-order valence-electron chi connectivity index (χ3n) is 10.9. The second-order valence-corrected chi connectivity index (χ2v) is 14.3. The fraction of sp³-hybridized carbons (Fsp3) is 0. The zero-order valence-electron chi connectivity index (χ0n) is 30.8. The molecule has 0 aliphatic heterocycles. The second kappa shape index (κ2) is 13.6. The summed E-state index contributed by atoms with van der Waals surface area (Å²) >= 11 is 0. The van der Waals surface area contributed by atoms with Crippen LogP contribution in [0.1, 0.15) is 0 Å². The van der Waals surface area contributed by atoms with E-state index in [0.29, 0.717) is 17.5 Å². The average Bonchev–Trinajstić information content (AvgIpc) is 3.67. The van der Waals surface area contributed by atoms with E-state index in [1.807, 2.05) is 48.5 Å². The number of nitrogens with zero attached hydrogens (tertiary/aromatic N) is 3. The lowest BCUT2D eigenvalue weighted by Crippen LogP contribution is -2.01. The van der Waals surface area contributed by atoms with Gasteiger partial charge >= 0.3 is 0 Å². The summed E-state index contributed by atoms with van der Waals surface area (Å²) in [4.78, 5) is 15.5. The highest BCUT2D eigenvalue weighted by atomic mass is 16.3. The van der Waals surface area contributed by atoms with E-state index >= 15 is 0 Å². The van der Waals surface area contributed by atoms with Gasteiger partial charge in [0.2, 0.25) is 0 Å². The van der Waals surface area contributed by atoms with Crippen molar-refractivity contribution < 1.29 is 4.42 Å². The first-order valence-electron chi connectivity index (χ1n) is 19.2. The summed E-state index contributed by atoms with van der Waals surface area (Å²) in [6.45, 7) is 0. The summed E-state index contributed by atoms with van der Waals surface area (Å²) in [5.41, 5.74) is 11.2. The van der Waals surface area contributed by atoms with Gasteiger partial charge in [0, 0.05) is 27.5 Å². The van der Waals surface area contributed by atoms with E-state index < -0.39 is 0 Å². The Morgan fingerprint density at radius 2 is 0.860 bits per heavy atom. The average molecular weight is 728 g/mol. The predicted molar refractivity (Wildman–Crippen MR) is 235 cm³/mol. The maximum Gasteiger partial charge on any atom is 0.164 e. The molecule has 9 aromatic carbocycles. The fourth-order valence-corrected chi connectivity index (χ4v) is 8.23. The molecule has 0 bridgehead atoms. The highest BCUT2D eigenvalue weighted by Crippen LogP contribution is 2.43. The van der Waals surface area contributed by atoms with Crippen molar-refractivity contribution >= 4 is 43.5 Å². The van der Waals surface area contributed by atoms with Gasteiger partial charge < -0.3 is 4.42 Å². The van der Waals surface area contributed by atoms with Crippen LogP contribution < -0.4 is 0 Å². The Bertz CT molecular complexity index is 3290. The quantitative estimate of drug-likeness (QED) is 0.171. The van der Waals surface area contributed by atoms with Crippen LogP contribution >= 0.6 is 0 Å². The molecule has 57 heavy (non-hydrogen) atoms. The molecule has 11 aromatic rings. The molecule has 2 heterocycles. The predicted octanol–water partition coefficient (Wildman–Crippen LogP) is 14.1.